The van der Waals surface area contributed by atoms with Crippen molar-refractivity contribution in [1.82, 2.24) is 29.6 Å². The Morgan fingerprint density at radius 1 is 0.889 bits per heavy atom. The second-order valence-electron chi connectivity index (χ2n) is 19.4. The van der Waals surface area contributed by atoms with E-state index in [1.165, 1.54) is 12.8 Å². The van der Waals surface area contributed by atoms with Crippen LogP contribution in [0.4, 0.5) is 0 Å². The molecule has 1 aliphatic carbocycles. The second kappa shape index (κ2) is 17.0. The van der Waals surface area contributed by atoms with Gasteiger partial charge < -0.3 is 33.7 Å². The van der Waals surface area contributed by atoms with Gasteiger partial charge in [-0.3, -0.25) is 34.4 Å². The van der Waals surface area contributed by atoms with E-state index >= 15 is 0 Å². The third-order valence-corrected chi connectivity index (χ3v) is 14.7. The number of pyridine rings is 2. The van der Waals surface area contributed by atoms with Crippen LogP contribution in [-0.4, -0.2) is 113 Å². The number of likely N-dealkylation sites (tertiary alicyclic amines) is 2. The summed E-state index contributed by atoms with van der Waals surface area (Å²) in [5, 5.41) is 13.7. The molecular weight excluding hydrogens is 801 g/mol. The first-order valence-electron chi connectivity index (χ1n) is 22.5. The Bertz CT molecular complexity index is 2470. The molecule has 3 saturated heterocycles. The molecule has 0 bridgehead atoms. The van der Waals surface area contributed by atoms with Gasteiger partial charge in [-0.2, -0.15) is 0 Å². The summed E-state index contributed by atoms with van der Waals surface area (Å²) in [6.45, 7) is 10.2. The van der Waals surface area contributed by atoms with Crippen molar-refractivity contribution in [2.45, 2.75) is 95.9 Å². The molecule has 63 heavy (non-hydrogen) atoms. The number of benzene rings is 2. The van der Waals surface area contributed by atoms with Crippen LogP contribution in [0.15, 0.2) is 53.6 Å². The first kappa shape index (κ1) is 43.0. The van der Waals surface area contributed by atoms with Crippen molar-refractivity contribution in [2.75, 3.05) is 53.6 Å². The molecule has 4 fully saturated rings. The molecule has 3 amide bonds. The van der Waals surface area contributed by atoms with E-state index < -0.39 is 17.4 Å². The number of ether oxygens (including phenoxy) is 3. The van der Waals surface area contributed by atoms with Crippen molar-refractivity contribution in [3.63, 3.8) is 0 Å². The number of carbonyl (C=O) groups is 3. The summed E-state index contributed by atoms with van der Waals surface area (Å²) in [5.74, 6) is 1.98. The molecule has 1 atom stereocenters. The number of amides is 3. The van der Waals surface area contributed by atoms with Gasteiger partial charge in [0.25, 0.3) is 11.5 Å². The fraction of sp³-hybridized carbons (Fsp3) is 0.531. The smallest absolute Gasteiger partial charge is 0.259 e. The molecule has 2 N–H and O–H groups in total. The number of hydrogen-bond acceptors (Lipinski definition) is 11. The molecule has 4 aliphatic heterocycles. The number of carbonyl (C=O) groups excluding carboxylic acids is 3. The fourth-order valence-electron chi connectivity index (χ4n) is 10.7. The summed E-state index contributed by atoms with van der Waals surface area (Å²) in [6, 6.07) is 11.1. The van der Waals surface area contributed by atoms with Crippen LogP contribution >= 0.6 is 0 Å². The maximum atomic E-state index is 13.3. The predicted molar refractivity (Wildman–Crippen MR) is 238 cm³/mol. The van der Waals surface area contributed by atoms with Gasteiger partial charge in [-0.05, 0) is 129 Å². The van der Waals surface area contributed by atoms with Crippen LogP contribution in [0.5, 0.6) is 17.2 Å². The Balaban J connectivity index is 0.766. The van der Waals surface area contributed by atoms with E-state index in [4.69, 9.17) is 14.2 Å². The van der Waals surface area contributed by atoms with Crippen LogP contribution < -0.4 is 25.1 Å². The quantitative estimate of drug-likeness (QED) is 0.181. The first-order chi connectivity index (χ1) is 30.3. The van der Waals surface area contributed by atoms with Gasteiger partial charge in [-0.15, -0.1) is 0 Å². The first-order valence-corrected chi connectivity index (χ1v) is 22.5. The third-order valence-electron chi connectivity index (χ3n) is 14.7. The topological polar surface area (TPSA) is 156 Å². The average molecular weight is 861 g/mol. The normalized spacial score (nSPS) is 21.1. The number of aryl methyl sites for hydroxylation is 1. The number of aliphatic hydroxyl groups excluding tert-OH is 1. The van der Waals surface area contributed by atoms with Crippen LogP contribution in [0, 0.1) is 11.3 Å². The monoisotopic (exact) mass is 860 g/mol. The average Bonchev–Trinajstić information content (AvgIpc) is 3.60. The SMILES string of the molecule is COc1cc(-c2cn(C)c(=O)c3cnc(C(C)(C)CO)cc23)cc(OC)c1CN1CCC(CN2CCC3(CC2)CC(Oc2ccc4c(c2)C(=O)N(C2CCC(=O)NC2=O)C4)C3)CC1. The van der Waals surface area contributed by atoms with E-state index in [9.17, 15) is 24.3 Å². The number of piperidine rings is 3. The number of fused-ring (bicyclic) bond motifs is 2. The van der Waals surface area contributed by atoms with Crippen molar-refractivity contribution in [2.24, 2.45) is 18.4 Å². The summed E-state index contributed by atoms with van der Waals surface area (Å²) >= 11 is 0. The zero-order valence-electron chi connectivity index (χ0n) is 37.2. The minimum atomic E-state index is -0.619. The lowest BCUT2D eigenvalue weighted by atomic mass is 9.61. The molecule has 9 rings (SSSR count). The fourth-order valence-corrected chi connectivity index (χ4v) is 10.7. The highest BCUT2D eigenvalue weighted by Gasteiger charge is 2.47. The maximum Gasteiger partial charge on any atom is 0.259 e. The highest BCUT2D eigenvalue weighted by molar-refractivity contribution is 6.05. The van der Waals surface area contributed by atoms with Gasteiger partial charge in [0.05, 0.1) is 37.9 Å². The Kier molecular flexibility index (Phi) is 11.6. The van der Waals surface area contributed by atoms with Crippen molar-refractivity contribution < 1.29 is 33.7 Å². The van der Waals surface area contributed by atoms with Crippen molar-refractivity contribution in [3.05, 3.63) is 81.5 Å². The van der Waals surface area contributed by atoms with Crippen LogP contribution in [0.3, 0.4) is 0 Å². The minimum absolute atomic E-state index is 0.0699. The number of nitrogens with zero attached hydrogens (tertiary/aromatic N) is 5. The standard InChI is InChI=1S/C49H60N6O8/c1-48(2,29-56)43-21-36-37(24-50-43)46(59)52(3)27-38(36)32-18-41(61-4)39(42(19-32)62-5)28-53-14-10-30(11-15-53)25-54-16-12-49(13-17-54)22-34(23-49)63-33-7-6-31-26-55(47(60)35(31)20-33)40-8-9-44(57)51-45(40)58/h6-7,18-21,24,27,30,34,40,56H,8-17,22-23,25-26,28-29H2,1-5H3,(H,51,57,58). The number of aromatic nitrogens is 2. The highest BCUT2D eigenvalue weighted by atomic mass is 16.5. The number of hydrogen-bond donors (Lipinski definition) is 2. The number of nitrogens with one attached hydrogen (secondary N) is 1. The van der Waals surface area contributed by atoms with E-state index in [1.807, 2.05) is 56.4 Å². The lowest BCUT2D eigenvalue weighted by Gasteiger charge is -2.52. The molecular formula is C49H60N6O8. The van der Waals surface area contributed by atoms with Crippen LogP contribution in [0.25, 0.3) is 21.9 Å². The Morgan fingerprint density at radius 2 is 1.60 bits per heavy atom. The molecule has 14 nitrogen and oxygen atoms in total. The summed E-state index contributed by atoms with van der Waals surface area (Å²) in [7, 11) is 5.13. The Morgan fingerprint density at radius 3 is 2.27 bits per heavy atom. The molecule has 4 aromatic rings. The van der Waals surface area contributed by atoms with Gasteiger partial charge in [-0.1, -0.05) is 19.9 Å². The molecule has 2 aromatic carbocycles. The lowest BCUT2D eigenvalue weighted by molar-refractivity contribution is -0.136. The Hall–Kier alpha value is -5.31. The van der Waals surface area contributed by atoms with E-state index in [1.54, 1.807) is 36.9 Å². The summed E-state index contributed by atoms with van der Waals surface area (Å²) in [6.07, 6.45) is 10.9. The number of methoxy groups -OCH3 is 2. The number of rotatable bonds is 12. The molecule has 334 valence electrons. The summed E-state index contributed by atoms with van der Waals surface area (Å²) in [5.41, 5.74) is 4.55. The second-order valence-corrected chi connectivity index (χ2v) is 19.4. The molecule has 6 heterocycles. The van der Waals surface area contributed by atoms with Crippen molar-refractivity contribution >= 4 is 28.5 Å². The summed E-state index contributed by atoms with van der Waals surface area (Å²) < 4.78 is 20.0. The van der Waals surface area contributed by atoms with E-state index in [0.717, 1.165) is 97.5 Å². The summed E-state index contributed by atoms with van der Waals surface area (Å²) in [4.78, 5) is 61.9. The van der Waals surface area contributed by atoms with Crippen molar-refractivity contribution in [1.29, 1.82) is 0 Å². The third kappa shape index (κ3) is 8.33. The molecule has 1 spiro atoms. The Labute approximate surface area is 368 Å². The number of aliphatic hydroxyl groups is 1. The van der Waals surface area contributed by atoms with Gasteiger partial charge in [0.2, 0.25) is 11.8 Å². The zero-order valence-corrected chi connectivity index (χ0v) is 37.2. The van der Waals surface area contributed by atoms with E-state index in [0.29, 0.717) is 53.2 Å². The van der Waals surface area contributed by atoms with Crippen molar-refractivity contribution in [3.8, 4) is 28.4 Å². The van der Waals surface area contributed by atoms with E-state index in [-0.39, 0.29) is 36.5 Å². The largest absolute Gasteiger partial charge is 0.496 e. The highest BCUT2D eigenvalue weighted by Crippen LogP contribution is 2.51. The minimum Gasteiger partial charge on any atom is -0.496 e. The molecule has 1 unspecified atom stereocenters. The van der Waals surface area contributed by atoms with Gasteiger partial charge in [0, 0.05) is 67.7 Å². The van der Waals surface area contributed by atoms with Gasteiger partial charge in [0.1, 0.15) is 23.3 Å². The van der Waals surface area contributed by atoms with Gasteiger partial charge in [-0.25, -0.2) is 0 Å². The molecule has 14 heteroatoms. The molecule has 2 aromatic heterocycles. The van der Waals surface area contributed by atoms with Crippen LogP contribution in [-0.2, 0) is 35.1 Å². The van der Waals surface area contributed by atoms with Crippen LogP contribution in [0.2, 0.25) is 0 Å². The lowest BCUT2D eigenvalue weighted by Crippen LogP contribution is -2.52. The molecule has 1 saturated carbocycles. The zero-order chi connectivity index (χ0) is 44.2. The number of imide groups is 1. The van der Waals surface area contributed by atoms with Gasteiger partial charge in [0.15, 0.2) is 0 Å². The van der Waals surface area contributed by atoms with Gasteiger partial charge >= 0.3 is 0 Å². The molecule has 5 aliphatic rings. The maximum absolute atomic E-state index is 13.3. The predicted octanol–water partition coefficient (Wildman–Crippen LogP) is 5.18. The molecule has 0 radical (unpaired) electrons. The van der Waals surface area contributed by atoms with E-state index in [2.05, 4.69) is 20.1 Å². The van der Waals surface area contributed by atoms with Crippen LogP contribution in [0.1, 0.15) is 92.4 Å².